The Morgan fingerprint density at radius 1 is 1.07 bits per heavy atom. The SMILES string of the molecule is O=C(CSc1nnc(-c2ccncc2)n1-c1ccc(F)cc1)NCC(F)(F)F. The first kappa shape index (κ1) is 19.8. The molecule has 146 valence electrons. The minimum Gasteiger partial charge on any atom is -0.346 e. The Bertz CT molecular complexity index is 944. The molecule has 1 N–H and O–H groups in total. The summed E-state index contributed by atoms with van der Waals surface area (Å²) in [5.74, 6) is -1.08. The number of amides is 1. The van der Waals surface area contributed by atoms with Gasteiger partial charge in [0.1, 0.15) is 12.4 Å². The highest BCUT2D eigenvalue weighted by molar-refractivity contribution is 7.99. The van der Waals surface area contributed by atoms with Crippen LogP contribution in [0.15, 0.2) is 53.9 Å². The van der Waals surface area contributed by atoms with Gasteiger partial charge in [-0.15, -0.1) is 10.2 Å². The molecule has 0 fully saturated rings. The third-order valence-corrected chi connectivity index (χ3v) is 4.40. The molecule has 2 heterocycles. The molecule has 0 aliphatic rings. The van der Waals surface area contributed by atoms with E-state index in [4.69, 9.17) is 0 Å². The highest BCUT2D eigenvalue weighted by Gasteiger charge is 2.27. The molecule has 0 saturated heterocycles. The molecule has 11 heteroatoms. The van der Waals surface area contributed by atoms with Crippen molar-refractivity contribution in [2.75, 3.05) is 12.3 Å². The summed E-state index contributed by atoms with van der Waals surface area (Å²) in [4.78, 5) is 15.6. The fraction of sp³-hybridized carbons (Fsp3) is 0.176. The maximum atomic E-state index is 13.3. The van der Waals surface area contributed by atoms with Crippen molar-refractivity contribution in [1.82, 2.24) is 25.1 Å². The smallest absolute Gasteiger partial charge is 0.346 e. The van der Waals surface area contributed by atoms with Gasteiger partial charge in [-0.2, -0.15) is 13.2 Å². The van der Waals surface area contributed by atoms with Crippen molar-refractivity contribution < 1.29 is 22.4 Å². The van der Waals surface area contributed by atoms with Crippen LogP contribution >= 0.6 is 11.8 Å². The number of thioether (sulfide) groups is 1. The van der Waals surface area contributed by atoms with E-state index in [1.807, 2.05) is 0 Å². The van der Waals surface area contributed by atoms with Gasteiger partial charge in [-0.1, -0.05) is 11.8 Å². The number of nitrogens with zero attached hydrogens (tertiary/aromatic N) is 4. The van der Waals surface area contributed by atoms with E-state index in [0.717, 1.165) is 11.8 Å². The molecule has 0 aliphatic heterocycles. The molecule has 0 atom stereocenters. The van der Waals surface area contributed by atoms with Gasteiger partial charge >= 0.3 is 6.18 Å². The topological polar surface area (TPSA) is 72.7 Å². The predicted octanol–water partition coefficient (Wildman–Crippen LogP) is 3.24. The second-order valence-electron chi connectivity index (χ2n) is 5.53. The third kappa shape index (κ3) is 5.06. The minimum absolute atomic E-state index is 0.278. The van der Waals surface area contributed by atoms with Gasteiger partial charge in [-0.25, -0.2) is 4.39 Å². The lowest BCUT2D eigenvalue weighted by atomic mass is 10.2. The van der Waals surface area contributed by atoms with Crippen molar-refractivity contribution in [2.45, 2.75) is 11.3 Å². The van der Waals surface area contributed by atoms with Crippen LogP contribution in [0.5, 0.6) is 0 Å². The van der Waals surface area contributed by atoms with Gasteiger partial charge in [0, 0.05) is 23.6 Å². The first-order valence-electron chi connectivity index (χ1n) is 7.91. The zero-order chi connectivity index (χ0) is 20.1. The number of pyridine rings is 1. The second kappa shape index (κ2) is 8.38. The summed E-state index contributed by atoms with van der Waals surface area (Å²) in [5.41, 5.74) is 1.22. The molecule has 0 saturated carbocycles. The molecule has 0 bridgehead atoms. The number of hydrogen-bond donors (Lipinski definition) is 1. The van der Waals surface area contributed by atoms with Crippen molar-refractivity contribution in [3.8, 4) is 17.1 Å². The zero-order valence-electron chi connectivity index (χ0n) is 14.2. The van der Waals surface area contributed by atoms with Crippen LogP contribution in [0.1, 0.15) is 0 Å². The van der Waals surface area contributed by atoms with Crippen molar-refractivity contribution in [2.24, 2.45) is 0 Å². The molecule has 28 heavy (non-hydrogen) atoms. The van der Waals surface area contributed by atoms with E-state index in [1.54, 1.807) is 34.4 Å². The van der Waals surface area contributed by atoms with Crippen LogP contribution in [-0.4, -0.2) is 44.1 Å². The number of halogens is 4. The van der Waals surface area contributed by atoms with Crippen LogP contribution in [0.3, 0.4) is 0 Å². The van der Waals surface area contributed by atoms with Gasteiger partial charge in [-0.3, -0.25) is 14.3 Å². The average molecular weight is 411 g/mol. The monoisotopic (exact) mass is 411 g/mol. The predicted molar refractivity (Wildman–Crippen MR) is 94.3 cm³/mol. The van der Waals surface area contributed by atoms with E-state index in [-0.39, 0.29) is 10.9 Å². The van der Waals surface area contributed by atoms with Crippen LogP contribution in [0, 0.1) is 5.82 Å². The number of benzene rings is 1. The summed E-state index contributed by atoms with van der Waals surface area (Å²) in [6.45, 7) is -1.40. The van der Waals surface area contributed by atoms with Crippen molar-refractivity contribution in [3.63, 3.8) is 0 Å². The lowest BCUT2D eigenvalue weighted by Crippen LogP contribution is -2.34. The third-order valence-electron chi connectivity index (χ3n) is 3.48. The number of carbonyl (C=O) groups excluding carboxylic acids is 1. The molecule has 6 nitrogen and oxygen atoms in total. The van der Waals surface area contributed by atoms with Crippen LogP contribution in [0.2, 0.25) is 0 Å². The summed E-state index contributed by atoms with van der Waals surface area (Å²) < 4.78 is 51.5. The maximum Gasteiger partial charge on any atom is 0.405 e. The number of aromatic nitrogens is 4. The molecule has 2 aromatic heterocycles. The number of rotatable bonds is 6. The highest BCUT2D eigenvalue weighted by atomic mass is 32.2. The van der Waals surface area contributed by atoms with Crippen molar-refractivity contribution >= 4 is 17.7 Å². The summed E-state index contributed by atoms with van der Waals surface area (Å²) >= 11 is 0.921. The molecule has 3 aromatic rings. The van der Waals surface area contributed by atoms with Gasteiger partial charge < -0.3 is 5.32 Å². The number of nitrogens with one attached hydrogen (secondary N) is 1. The van der Waals surface area contributed by atoms with Gasteiger partial charge in [0.15, 0.2) is 11.0 Å². The van der Waals surface area contributed by atoms with E-state index in [9.17, 15) is 22.4 Å². The molecule has 1 amide bonds. The maximum absolute atomic E-state index is 13.3. The van der Waals surface area contributed by atoms with Crippen LogP contribution < -0.4 is 5.32 Å². The largest absolute Gasteiger partial charge is 0.405 e. The Kier molecular flexibility index (Phi) is 5.93. The first-order chi connectivity index (χ1) is 13.3. The molecule has 0 unspecified atom stereocenters. The van der Waals surface area contributed by atoms with E-state index < -0.39 is 24.4 Å². The average Bonchev–Trinajstić information content (AvgIpc) is 3.09. The van der Waals surface area contributed by atoms with Crippen molar-refractivity contribution in [3.05, 3.63) is 54.6 Å². The quantitative estimate of drug-likeness (QED) is 0.498. The summed E-state index contributed by atoms with van der Waals surface area (Å²) in [5, 5.41) is 10.2. The zero-order valence-corrected chi connectivity index (χ0v) is 15.0. The fourth-order valence-electron chi connectivity index (χ4n) is 2.25. The van der Waals surface area contributed by atoms with Crippen molar-refractivity contribution in [1.29, 1.82) is 0 Å². The molecular weight excluding hydrogens is 398 g/mol. The lowest BCUT2D eigenvalue weighted by molar-refractivity contribution is -0.136. The van der Waals surface area contributed by atoms with Gasteiger partial charge in [0.25, 0.3) is 0 Å². The summed E-state index contributed by atoms with van der Waals surface area (Å²) in [6, 6.07) is 8.95. The molecule has 0 radical (unpaired) electrons. The van der Waals surface area contributed by atoms with Gasteiger partial charge in [-0.05, 0) is 36.4 Å². The minimum atomic E-state index is -4.48. The number of hydrogen-bond acceptors (Lipinski definition) is 5. The van der Waals surface area contributed by atoms with E-state index in [2.05, 4.69) is 15.2 Å². The Morgan fingerprint density at radius 2 is 1.75 bits per heavy atom. The van der Waals surface area contributed by atoms with E-state index in [1.165, 1.54) is 24.3 Å². The molecule has 0 spiro atoms. The normalized spacial score (nSPS) is 11.4. The fourth-order valence-corrected chi connectivity index (χ4v) is 3.04. The molecule has 0 aliphatic carbocycles. The van der Waals surface area contributed by atoms with Crippen LogP contribution in [0.25, 0.3) is 17.1 Å². The van der Waals surface area contributed by atoms with Crippen LogP contribution in [0.4, 0.5) is 17.6 Å². The van der Waals surface area contributed by atoms with E-state index >= 15 is 0 Å². The highest BCUT2D eigenvalue weighted by Crippen LogP contribution is 2.27. The molecular formula is C17H13F4N5OS. The standard InChI is InChI=1S/C17H13F4N5OS/c18-12-1-3-13(4-2-12)26-15(11-5-7-22-8-6-11)24-25-16(26)28-9-14(27)23-10-17(19,20)21/h1-8H,9-10H2,(H,23,27). The summed E-state index contributed by atoms with van der Waals surface area (Å²) in [6.07, 6.45) is -1.35. The van der Waals surface area contributed by atoms with Gasteiger partial charge in [0.05, 0.1) is 5.75 Å². The molecule has 1 aromatic carbocycles. The molecule has 3 rings (SSSR count). The summed E-state index contributed by atoms with van der Waals surface area (Å²) in [7, 11) is 0. The van der Waals surface area contributed by atoms with E-state index in [0.29, 0.717) is 17.1 Å². The number of carbonyl (C=O) groups is 1. The Hall–Kier alpha value is -2.95. The van der Waals surface area contributed by atoms with Crippen LogP contribution in [-0.2, 0) is 4.79 Å². The first-order valence-corrected chi connectivity index (χ1v) is 8.90. The lowest BCUT2D eigenvalue weighted by Gasteiger charge is -2.11. The second-order valence-corrected chi connectivity index (χ2v) is 6.48. The Morgan fingerprint density at radius 3 is 2.39 bits per heavy atom. The van der Waals surface area contributed by atoms with Gasteiger partial charge in [0.2, 0.25) is 5.91 Å². The Balaban J connectivity index is 1.86. The number of alkyl halides is 3. The Labute approximate surface area is 161 Å².